The van der Waals surface area contributed by atoms with Crippen LogP contribution in [0.2, 0.25) is 0 Å². The molecule has 1 heterocycles. The van der Waals surface area contributed by atoms with Crippen LogP contribution in [0.1, 0.15) is 39.2 Å². The monoisotopic (exact) mass is 314 g/mol. The van der Waals surface area contributed by atoms with Crippen LogP contribution in [-0.2, 0) is 11.2 Å². The third-order valence-corrected chi connectivity index (χ3v) is 6.48. The standard InChI is InChI=1S/C20H26O3/c1-13-14(2)20(3,19(21)22)18-7-5-4-6-17(18)16(13)9-8-15-10-11-23-12-15/h4-5,7,10-14,16-17H,6,8-9H2,1-3H3,(H,21,22). The molecule has 3 nitrogen and oxygen atoms in total. The van der Waals surface area contributed by atoms with E-state index in [1.165, 1.54) is 5.56 Å². The van der Waals surface area contributed by atoms with Crippen molar-refractivity contribution in [2.75, 3.05) is 0 Å². The van der Waals surface area contributed by atoms with Gasteiger partial charge in [-0.3, -0.25) is 4.79 Å². The van der Waals surface area contributed by atoms with Crippen molar-refractivity contribution >= 4 is 5.97 Å². The van der Waals surface area contributed by atoms with Gasteiger partial charge in [0.1, 0.15) is 0 Å². The van der Waals surface area contributed by atoms with E-state index in [1.807, 2.05) is 25.3 Å². The first-order valence-electron chi connectivity index (χ1n) is 8.58. The Morgan fingerprint density at radius 2 is 2.22 bits per heavy atom. The summed E-state index contributed by atoms with van der Waals surface area (Å²) in [5.74, 6) is 0.694. The van der Waals surface area contributed by atoms with Crippen molar-refractivity contribution in [1.82, 2.24) is 0 Å². The Kier molecular flexibility index (Phi) is 4.22. The number of carboxylic acid groups (broad SMARTS) is 1. The zero-order chi connectivity index (χ0) is 16.6. The van der Waals surface area contributed by atoms with Gasteiger partial charge in [0.2, 0.25) is 0 Å². The van der Waals surface area contributed by atoms with E-state index in [1.54, 1.807) is 6.26 Å². The zero-order valence-corrected chi connectivity index (χ0v) is 14.2. The minimum Gasteiger partial charge on any atom is -0.481 e. The molecule has 0 aliphatic heterocycles. The average Bonchev–Trinajstić information content (AvgIpc) is 3.06. The molecule has 1 aromatic rings. The fourth-order valence-corrected chi connectivity index (χ4v) is 4.69. The van der Waals surface area contributed by atoms with Gasteiger partial charge in [0.15, 0.2) is 0 Å². The lowest BCUT2D eigenvalue weighted by Crippen LogP contribution is -2.50. The topological polar surface area (TPSA) is 50.4 Å². The number of aliphatic carboxylic acids is 1. The molecular formula is C20H26O3. The molecule has 1 aromatic heterocycles. The van der Waals surface area contributed by atoms with Crippen molar-refractivity contribution in [3.63, 3.8) is 0 Å². The first-order valence-corrected chi connectivity index (χ1v) is 8.58. The molecule has 0 aromatic carbocycles. The van der Waals surface area contributed by atoms with Gasteiger partial charge in [-0.05, 0) is 67.1 Å². The van der Waals surface area contributed by atoms with Gasteiger partial charge in [0, 0.05) is 0 Å². The van der Waals surface area contributed by atoms with Crippen LogP contribution < -0.4 is 0 Å². The van der Waals surface area contributed by atoms with E-state index >= 15 is 0 Å². The Hall–Kier alpha value is -1.77. The molecule has 3 heteroatoms. The van der Waals surface area contributed by atoms with Gasteiger partial charge in [-0.25, -0.2) is 0 Å². The Morgan fingerprint density at radius 1 is 1.43 bits per heavy atom. The molecule has 1 N–H and O–H groups in total. The highest BCUT2D eigenvalue weighted by atomic mass is 16.4. The van der Waals surface area contributed by atoms with Gasteiger partial charge in [-0.1, -0.05) is 32.1 Å². The molecule has 0 amide bonds. The molecular weight excluding hydrogens is 288 g/mol. The Labute approximate surface area is 138 Å². The van der Waals surface area contributed by atoms with E-state index in [-0.39, 0.29) is 5.92 Å². The molecule has 0 radical (unpaired) electrons. The molecule has 5 atom stereocenters. The summed E-state index contributed by atoms with van der Waals surface area (Å²) in [6, 6.07) is 2.02. The summed E-state index contributed by atoms with van der Waals surface area (Å²) >= 11 is 0. The van der Waals surface area contributed by atoms with Crippen LogP contribution in [0.5, 0.6) is 0 Å². The summed E-state index contributed by atoms with van der Waals surface area (Å²) in [4.78, 5) is 12.1. The molecule has 1 saturated carbocycles. The van der Waals surface area contributed by atoms with Crippen LogP contribution in [0, 0.1) is 29.1 Å². The number of fused-ring (bicyclic) bond motifs is 1. The van der Waals surface area contributed by atoms with Gasteiger partial charge >= 0.3 is 5.97 Å². The highest BCUT2D eigenvalue weighted by Crippen LogP contribution is 2.56. The van der Waals surface area contributed by atoms with Crippen molar-refractivity contribution in [2.24, 2.45) is 29.1 Å². The Morgan fingerprint density at radius 3 is 2.87 bits per heavy atom. The van der Waals surface area contributed by atoms with Crippen molar-refractivity contribution < 1.29 is 14.3 Å². The van der Waals surface area contributed by atoms with E-state index in [4.69, 9.17) is 4.42 Å². The fourth-order valence-electron chi connectivity index (χ4n) is 4.69. The predicted octanol–water partition coefficient (Wildman–Crippen LogP) is 4.71. The quantitative estimate of drug-likeness (QED) is 0.875. The molecule has 2 aliphatic carbocycles. The van der Waals surface area contributed by atoms with E-state index in [0.717, 1.165) is 24.8 Å². The number of carbonyl (C=O) groups is 1. The number of carboxylic acids is 1. The van der Waals surface area contributed by atoms with Gasteiger partial charge in [0.25, 0.3) is 0 Å². The Balaban J connectivity index is 1.89. The lowest BCUT2D eigenvalue weighted by Gasteiger charge is -2.51. The summed E-state index contributed by atoms with van der Waals surface area (Å²) in [6.45, 7) is 6.26. The van der Waals surface area contributed by atoms with Crippen molar-refractivity contribution in [2.45, 2.75) is 40.0 Å². The molecule has 1 fully saturated rings. The maximum absolute atomic E-state index is 12.1. The van der Waals surface area contributed by atoms with Gasteiger partial charge in [-0.2, -0.15) is 0 Å². The zero-order valence-electron chi connectivity index (χ0n) is 14.2. The van der Waals surface area contributed by atoms with Crippen LogP contribution in [0.15, 0.2) is 46.8 Å². The lowest BCUT2D eigenvalue weighted by molar-refractivity contribution is -0.152. The predicted molar refractivity (Wildman–Crippen MR) is 89.9 cm³/mol. The average molecular weight is 314 g/mol. The maximum Gasteiger partial charge on any atom is 0.313 e. The molecule has 2 aliphatic rings. The molecule has 0 spiro atoms. The molecule has 0 saturated heterocycles. The summed E-state index contributed by atoms with van der Waals surface area (Å²) in [5.41, 5.74) is 1.60. The van der Waals surface area contributed by atoms with Crippen LogP contribution in [0.25, 0.3) is 0 Å². The number of rotatable bonds is 4. The number of hydrogen-bond acceptors (Lipinski definition) is 2. The largest absolute Gasteiger partial charge is 0.481 e. The van der Waals surface area contributed by atoms with Crippen LogP contribution in [0.4, 0.5) is 0 Å². The number of aryl methyl sites for hydroxylation is 1. The van der Waals surface area contributed by atoms with Crippen molar-refractivity contribution in [3.8, 4) is 0 Å². The second-order valence-electron chi connectivity index (χ2n) is 7.38. The molecule has 3 rings (SSSR count). The molecule has 5 unspecified atom stereocenters. The Bertz CT molecular complexity index is 625. The highest BCUT2D eigenvalue weighted by Gasteiger charge is 2.54. The minimum absolute atomic E-state index is 0.128. The summed E-state index contributed by atoms with van der Waals surface area (Å²) in [6.07, 6.45) is 12.9. The SMILES string of the molecule is CC1C(CCc2ccoc2)C2CC=CC=C2C(C)(C(=O)O)C1C. The number of furan rings is 1. The van der Waals surface area contributed by atoms with E-state index in [2.05, 4.69) is 26.0 Å². The summed E-state index contributed by atoms with van der Waals surface area (Å²) < 4.78 is 5.17. The van der Waals surface area contributed by atoms with Gasteiger partial charge in [-0.15, -0.1) is 0 Å². The van der Waals surface area contributed by atoms with Crippen LogP contribution >= 0.6 is 0 Å². The minimum atomic E-state index is -0.749. The van der Waals surface area contributed by atoms with Crippen molar-refractivity contribution in [1.29, 1.82) is 0 Å². The van der Waals surface area contributed by atoms with E-state index in [0.29, 0.717) is 17.8 Å². The van der Waals surface area contributed by atoms with E-state index in [9.17, 15) is 9.90 Å². The summed E-state index contributed by atoms with van der Waals surface area (Å²) in [5, 5.41) is 9.91. The summed E-state index contributed by atoms with van der Waals surface area (Å²) in [7, 11) is 0. The number of allylic oxidation sites excluding steroid dienone is 3. The molecule has 124 valence electrons. The lowest BCUT2D eigenvalue weighted by atomic mass is 9.51. The van der Waals surface area contributed by atoms with Crippen LogP contribution in [-0.4, -0.2) is 11.1 Å². The van der Waals surface area contributed by atoms with Crippen molar-refractivity contribution in [3.05, 3.63) is 48.0 Å². The molecule has 23 heavy (non-hydrogen) atoms. The van der Waals surface area contributed by atoms with E-state index < -0.39 is 11.4 Å². The van der Waals surface area contributed by atoms with Gasteiger partial charge in [0.05, 0.1) is 17.9 Å². The fraction of sp³-hybridized carbons (Fsp3) is 0.550. The second kappa shape index (κ2) is 6.03. The smallest absolute Gasteiger partial charge is 0.313 e. The third-order valence-electron chi connectivity index (χ3n) is 6.48. The normalized spacial score (nSPS) is 36.4. The molecule has 0 bridgehead atoms. The highest BCUT2D eigenvalue weighted by molar-refractivity contribution is 5.79. The first kappa shape index (κ1) is 16.1. The first-order chi connectivity index (χ1) is 11.0. The second-order valence-corrected chi connectivity index (χ2v) is 7.38. The van der Waals surface area contributed by atoms with Gasteiger partial charge < -0.3 is 9.52 Å². The maximum atomic E-state index is 12.1. The number of hydrogen-bond donors (Lipinski definition) is 1. The third kappa shape index (κ3) is 2.56. The van der Waals surface area contributed by atoms with Crippen LogP contribution in [0.3, 0.4) is 0 Å².